The van der Waals surface area contributed by atoms with Crippen LogP contribution in [0.15, 0.2) is 41.0 Å². The summed E-state index contributed by atoms with van der Waals surface area (Å²) < 4.78 is 13.9. The highest BCUT2D eigenvalue weighted by Gasteiger charge is 2.26. The SMILES string of the molecule is CCOc1c(I)cc(/C=C2\N=C(c3cc(I)ccc3Cl)OC2=O)cc1I. The zero-order valence-electron chi connectivity index (χ0n) is 13.4. The summed E-state index contributed by atoms with van der Waals surface area (Å²) in [7, 11) is 0. The number of nitrogens with zero attached hydrogens (tertiary/aromatic N) is 1. The number of rotatable bonds is 4. The van der Waals surface area contributed by atoms with Crippen LogP contribution in [0.2, 0.25) is 5.02 Å². The number of ether oxygens (including phenoxy) is 2. The third-order valence-corrected chi connectivity index (χ3v) is 6.00. The van der Waals surface area contributed by atoms with Gasteiger partial charge in [0.15, 0.2) is 5.70 Å². The second kappa shape index (κ2) is 8.74. The summed E-state index contributed by atoms with van der Waals surface area (Å²) in [4.78, 5) is 16.6. The number of carbonyl (C=O) groups is 1. The first kappa shape index (κ1) is 20.3. The zero-order valence-corrected chi connectivity index (χ0v) is 20.6. The molecule has 0 amide bonds. The van der Waals surface area contributed by atoms with Crippen molar-refractivity contribution in [3.05, 3.63) is 62.9 Å². The molecule has 134 valence electrons. The van der Waals surface area contributed by atoms with Gasteiger partial charge in [-0.2, -0.15) is 0 Å². The zero-order chi connectivity index (χ0) is 18.8. The van der Waals surface area contributed by atoms with Crippen molar-refractivity contribution >= 4 is 97.3 Å². The lowest BCUT2D eigenvalue weighted by molar-refractivity contribution is -0.129. The number of carbonyl (C=O) groups excluding carboxylic acids is 1. The molecular weight excluding hydrogens is 694 g/mol. The lowest BCUT2D eigenvalue weighted by Crippen LogP contribution is -2.06. The van der Waals surface area contributed by atoms with Crippen molar-refractivity contribution in [3.63, 3.8) is 0 Å². The largest absolute Gasteiger partial charge is 0.492 e. The van der Waals surface area contributed by atoms with E-state index in [1.165, 1.54) is 0 Å². The van der Waals surface area contributed by atoms with Crippen molar-refractivity contribution in [2.24, 2.45) is 4.99 Å². The standard InChI is InChI=1S/C18H11ClI3NO3/c1-2-25-16-13(21)5-9(6-14(16)22)7-15-18(24)26-17(23-15)11-8-10(20)3-4-12(11)19/h3-8H,2H2,1H3/b15-7-. The highest BCUT2D eigenvalue weighted by atomic mass is 127. The average Bonchev–Trinajstić information content (AvgIpc) is 2.94. The third kappa shape index (κ3) is 4.53. The highest BCUT2D eigenvalue weighted by molar-refractivity contribution is 14.1. The van der Waals surface area contributed by atoms with Gasteiger partial charge in [0.05, 0.1) is 24.3 Å². The number of benzene rings is 2. The van der Waals surface area contributed by atoms with Crippen molar-refractivity contribution in [3.8, 4) is 5.75 Å². The summed E-state index contributed by atoms with van der Waals surface area (Å²) in [6.45, 7) is 2.55. The summed E-state index contributed by atoms with van der Waals surface area (Å²) in [6, 6.07) is 9.36. The predicted molar refractivity (Wildman–Crippen MR) is 128 cm³/mol. The van der Waals surface area contributed by atoms with Crippen molar-refractivity contribution in [1.82, 2.24) is 0 Å². The predicted octanol–water partition coefficient (Wildman–Crippen LogP) is 5.90. The lowest BCUT2D eigenvalue weighted by Gasteiger charge is -2.09. The maximum atomic E-state index is 12.2. The van der Waals surface area contributed by atoms with Gasteiger partial charge in [-0.05, 0) is 117 Å². The molecule has 2 aromatic carbocycles. The molecular formula is C18H11ClI3NO3. The van der Waals surface area contributed by atoms with E-state index in [-0.39, 0.29) is 11.6 Å². The summed E-state index contributed by atoms with van der Waals surface area (Å²) in [5.41, 5.74) is 1.70. The van der Waals surface area contributed by atoms with Gasteiger partial charge in [0.2, 0.25) is 5.90 Å². The van der Waals surface area contributed by atoms with Crippen LogP contribution < -0.4 is 4.74 Å². The molecule has 0 saturated heterocycles. The second-order valence-electron chi connectivity index (χ2n) is 5.21. The number of esters is 1. The van der Waals surface area contributed by atoms with Gasteiger partial charge in [0.1, 0.15) is 5.75 Å². The van der Waals surface area contributed by atoms with E-state index in [2.05, 4.69) is 72.8 Å². The van der Waals surface area contributed by atoms with E-state index < -0.39 is 5.97 Å². The number of halogens is 4. The second-order valence-corrected chi connectivity index (χ2v) is 9.18. The summed E-state index contributed by atoms with van der Waals surface area (Å²) >= 11 is 12.8. The van der Waals surface area contributed by atoms with Crippen LogP contribution in [0.25, 0.3) is 6.08 Å². The van der Waals surface area contributed by atoms with Crippen LogP contribution in [0.5, 0.6) is 5.75 Å². The Balaban J connectivity index is 1.98. The van der Waals surface area contributed by atoms with Gasteiger partial charge >= 0.3 is 5.97 Å². The Labute approximate surface area is 196 Å². The quantitative estimate of drug-likeness (QED) is 0.227. The summed E-state index contributed by atoms with van der Waals surface area (Å²) in [5.74, 6) is 0.577. The van der Waals surface area contributed by atoms with E-state index in [0.717, 1.165) is 22.0 Å². The third-order valence-electron chi connectivity index (χ3n) is 3.39. The van der Waals surface area contributed by atoms with Crippen LogP contribution in [0, 0.1) is 10.7 Å². The van der Waals surface area contributed by atoms with Crippen molar-refractivity contribution < 1.29 is 14.3 Å². The van der Waals surface area contributed by atoms with Gasteiger partial charge in [-0.25, -0.2) is 9.79 Å². The molecule has 0 atom stereocenters. The van der Waals surface area contributed by atoms with E-state index in [1.807, 2.05) is 31.2 Å². The minimum Gasteiger partial charge on any atom is -0.492 e. The fourth-order valence-electron chi connectivity index (χ4n) is 2.29. The van der Waals surface area contributed by atoms with Crippen LogP contribution in [-0.4, -0.2) is 18.5 Å². The molecule has 0 aliphatic carbocycles. The fraction of sp³-hybridized carbons (Fsp3) is 0.111. The average molecular weight is 705 g/mol. The maximum absolute atomic E-state index is 12.2. The summed E-state index contributed by atoms with van der Waals surface area (Å²) in [5, 5.41) is 0.489. The van der Waals surface area contributed by atoms with Gasteiger partial charge in [0.25, 0.3) is 0 Å². The minimum absolute atomic E-state index is 0.222. The molecule has 0 radical (unpaired) electrons. The van der Waals surface area contributed by atoms with E-state index in [1.54, 1.807) is 12.1 Å². The van der Waals surface area contributed by atoms with Crippen LogP contribution >= 0.6 is 79.4 Å². The minimum atomic E-state index is -0.492. The molecule has 0 bridgehead atoms. The molecule has 1 aliphatic rings. The van der Waals surface area contributed by atoms with Crippen LogP contribution in [0.1, 0.15) is 18.1 Å². The topological polar surface area (TPSA) is 47.9 Å². The lowest BCUT2D eigenvalue weighted by atomic mass is 10.2. The van der Waals surface area contributed by atoms with Gasteiger partial charge in [-0.1, -0.05) is 11.6 Å². The van der Waals surface area contributed by atoms with Gasteiger partial charge < -0.3 is 9.47 Å². The van der Waals surface area contributed by atoms with Crippen LogP contribution in [0.4, 0.5) is 0 Å². The first-order valence-corrected chi connectivity index (χ1v) is 11.1. The van der Waals surface area contributed by atoms with E-state index in [9.17, 15) is 4.79 Å². The molecule has 0 aromatic heterocycles. The van der Waals surface area contributed by atoms with Gasteiger partial charge in [-0.3, -0.25) is 0 Å². The maximum Gasteiger partial charge on any atom is 0.363 e. The molecule has 0 N–H and O–H groups in total. The van der Waals surface area contributed by atoms with Gasteiger partial charge in [0, 0.05) is 3.57 Å². The molecule has 26 heavy (non-hydrogen) atoms. The van der Waals surface area contributed by atoms with Gasteiger partial charge in [-0.15, -0.1) is 0 Å². The van der Waals surface area contributed by atoms with Crippen LogP contribution in [0.3, 0.4) is 0 Å². The van der Waals surface area contributed by atoms with E-state index in [4.69, 9.17) is 21.1 Å². The number of aliphatic imine (C=N–C) groups is 1. The smallest absolute Gasteiger partial charge is 0.363 e. The Bertz CT molecular complexity index is 934. The first-order chi connectivity index (χ1) is 12.4. The highest BCUT2D eigenvalue weighted by Crippen LogP contribution is 2.31. The molecule has 2 aromatic rings. The number of hydrogen-bond acceptors (Lipinski definition) is 4. The summed E-state index contributed by atoms with van der Waals surface area (Å²) in [6.07, 6.45) is 1.71. The molecule has 0 unspecified atom stereocenters. The van der Waals surface area contributed by atoms with Crippen molar-refractivity contribution in [1.29, 1.82) is 0 Å². The molecule has 0 spiro atoms. The molecule has 0 fully saturated rings. The van der Waals surface area contributed by atoms with Crippen LogP contribution in [-0.2, 0) is 9.53 Å². The van der Waals surface area contributed by atoms with Crippen molar-refractivity contribution in [2.45, 2.75) is 6.92 Å². The van der Waals surface area contributed by atoms with E-state index >= 15 is 0 Å². The molecule has 3 rings (SSSR count). The molecule has 1 aliphatic heterocycles. The van der Waals surface area contributed by atoms with Crippen molar-refractivity contribution in [2.75, 3.05) is 6.61 Å². The first-order valence-electron chi connectivity index (χ1n) is 7.49. The number of cyclic esters (lactones) is 1. The molecule has 4 nitrogen and oxygen atoms in total. The monoisotopic (exact) mass is 705 g/mol. The Morgan fingerprint density at radius 2 is 1.88 bits per heavy atom. The molecule has 0 saturated carbocycles. The fourth-order valence-corrected chi connectivity index (χ4v) is 5.11. The Hall–Kier alpha value is -0.400. The normalized spacial score (nSPS) is 15.2. The molecule has 8 heteroatoms. The molecule has 1 heterocycles. The van der Waals surface area contributed by atoms with E-state index in [0.29, 0.717) is 17.2 Å². The number of hydrogen-bond donors (Lipinski definition) is 0. The Morgan fingerprint density at radius 3 is 2.54 bits per heavy atom. The Morgan fingerprint density at radius 1 is 1.19 bits per heavy atom. The Kier molecular flexibility index (Phi) is 6.83.